The number of carboxylic acid groups (broad SMARTS) is 1. The second-order valence-corrected chi connectivity index (χ2v) is 6.39. The molecule has 1 aromatic rings. The summed E-state index contributed by atoms with van der Waals surface area (Å²) in [5.74, 6) is -0.647. The van der Waals surface area contributed by atoms with E-state index in [-0.39, 0.29) is 12.3 Å². The summed E-state index contributed by atoms with van der Waals surface area (Å²) in [7, 11) is 0. The highest BCUT2D eigenvalue weighted by atomic mass is 35.5. The van der Waals surface area contributed by atoms with Gasteiger partial charge in [0.1, 0.15) is 6.04 Å². The number of nitrogens with zero attached hydrogens (tertiary/aromatic N) is 1. The van der Waals surface area contributed by atoms with Crippen molar-refractivity contribution in [3.63, 3.8) is 0 Å². The Labute approximate surface area is 128 Å². The zero-order valence-electron chi connectivity index (χ0n) is 11.7. The van der Waals surface area contributed by atoms with Crippen molar-refractivity contribution >= 4 is 29.2 Å². The molecule has 0 aromatic heterocycles. The normalized spacial score (nSPS) is 19.9. The number of hydrogen-bond donors (Lipinski definition) is 1. The maximum Gasteiger partial charge on any atom is 0.326 e. The van der Waals surface area contributed by atoms with Crippen LogP contribution in [0.3, 0.4) is 0 Å². The molecular weight excluding hydrogens is 290 g/mol. The van der Waals surface area contributed by atoms with E-state index in [1.54, 1.807) is 18.2 Å². The number of benzene rings is 1. The van der Waals surface area contributed by atoms with Gasteiger partial charge in [-0.15, -0.1) is 0 Å². The van der Waals surface area contributed by atoms with Gasteiger partial charge in [0.05, 0.1) is 6.42 Å². The maximum absolute atomic E-state index is 12.3. The monoisotopic (exact) mass is 307 g/mol. The molecule has 1 fully saturated rings. The minimum Gasteiger partial charge on any atom is -0.480 e. The van der Waals surface area contributed by atoms with E-state index < -0.39 is 12.0 Å². The summed E-state index contributed by atoms with van der Waals surface area (Å²) < 4.78 is 0. The highest BCUT2D eigenvalue weighted by Crippen LogP contribution is 2.36. The van der Waals surface area contributed by atoms with Crippen molar-refractivity contribution in [3.8, 4) is 0 Å². The van der Waals surface area contributed by atoms with Gasteiger partial charge in [-0.1, -0.05) is 37.3 Å². The van der Waals surface area contributed by atoms with Crippen LogP contribution in [0, 0.1) is 5.92 Å². The third-order valence-corrected chi connectivity index (χ3v) is 4.77. The van der Waals surface area contributed by atoms with Crippen LogP contribution in [-0.2, 0) is 16.0 Å². The highest BCUT2D eigenvalue weighted by molar-refractivity contribution is 6.31. The Morgan fingerprint density at radius 3 is 2.76 bits per heavy atom. The summed E-state index contributed by atoms with van der Waals surface area (Å²) in [5, 5.41) is 10.1. The third kappa shape index (κ3) is 2.77. The van der Waals surface area contributed by atoms with Crippen LogP contribution in [0.4, 0.5) is 5.69 Å². The lowest BCUT2D eigenvalue weighted by Gasteiger charge is -2.27. The van der Waals surface area contributed by atoms with Crippen LogP contribution >= 0.6 is 11.6 Å². The minimum absolute atomic E-state index is 0.141. The fourth-order valence-corrected chi connectivity index (χ4v) is 3.73. The first-order chi connectivity index (χ1) is 10.1. The van der Waals surface area contributed by atoms with E-state index in [9.17, 15) is 14.7 Å². The summed E-state index contributed by atoms with van der Waals surface area (Å²) >= 11 is 5.95. The first kappa shape index (κ1) is 14.4. The van der Waals surface area contributed by atoms with E-state index in [1.807, 2.05) is 0 Å². The molecule has 0 saturated heterocycles. The van der Waals surface area contributed by atoms with E-state index in [1.165, 1.54) is 4.90 Å². The number of halogens is 1. The molecule has 1 aliphatic carbocycles. The molecule has 3 rings (SSSR count). The van der Waals surface area contributed by atoms with Crippen LogP contribution in [0.25, 0.3) is 0 Å². The molecule has 5 heteroatoms. The molecule has 1 saturated carbocycles. The average molecular weight is 308 g/mol. The number of aliphatic carboxylic acids is 1. The van der Waals surface area contributed by atoms with Gasteiger partial charge in [0.15, 0.2) is 0 Å². The molecule has 0 spiro atoms. The third-order valence-electron chi connectivity index (χ3n) is 4.54. The number of rotatable bonds is 4. The van der Waals surface area contributed by atoms with E-state index in [2.05, 4.69) is 0 Å². The van der Waals surface area contributed by atoms with Gasteiger partial charge in [0.2, 0.25) is 5.91 Å². The Morgan fingerprint density at radius 2 is 2.10 bits per heavy atom. The van der Waals surface area contributed by atoms with Crippen LogP contribution in [0.15, 0.2) is 18.2 Å². The number of amides is 1. The molecule has 1 aliphatic heterocycles. The standard InChI is InChI=1S/C16H18ClNO3/c17-12-5-6-13-11(8-12)9-15(19)18(13)14(16(20)21)7-10-3-1-2-4-10/h5-6,8,10,14H,1-4,7,9H2,(H,20,21). The average Bonchev–Trinajstić information content (AvgIpc) is 3.02. The number of anilines is 1. The quantitative estimate of drug-likeness (QED) is 0.929. The van der Waals surface area contributed by atoms with Crippen LogP contribution in [0.1, 0.15) is 37.7 Å². The van der Waals surface area contributed by atoms with Gasteiger partial charge in [-0.05, 0) is 36.1 Å². The second kappa shape index (κ2) is 5.68. The molecule has 1 amide bonds. The van der Waals surface area contributed by atoms with Crippen molar-refractivity contribution in [2.75, 3.05) is 4.90 Å². The largest absolute Gasteiger partial charge is 0.480 e. The van der Waals surface area contributed by atoms with Gasteiger partial charge >= 0.3 is 5.97 Å². The van der Waals surface area contributed by atoms with Crippen LogP contribution in [0.2, 0.25) is 5.02 Å². The Balaban J connectivity index is 1.89. The summed E-state index contributed by atoms with van der Waals surface area (Å²) in [6.45, 7) is 0. The first-order valence-corrected chi connectivity index (χ1v) is 7.77. The molecular formula is C16H18ClNO3. The Hall–Kier alpha value is -1.55. The highest BCUT2D eigenvalue weighted by Gasteiger charge is 2.38. The molecule has 1 heterocycles. The lowest BCUT2D eigenvalue weighted by Crippen LogP contribution is -2.44. The van der Waals surface area contributed by atoms with Crippen molar-refractivity contribution < 1.29 is 14.7 Å². The molecule has 0 bridgehead atoms. The fraction of sp³-hybridized carbons (Fsp3) is 0.500. The topological polar surface area (TPSA) is 57.6 Å². The molecule has 112 valence electrons. The predicted octanol–water partition coefficient (Wildman–Crippen LogP) is 3.26. The Bertz CT molecular complexity index is 581. The summed E-state index contributed by atoms with van der Waals surface area (Å²) in [6.07, 6.45) is 5.25. The Kier molecular flexibility index (Phi) is 3.89. The molecule has 1 N–H and O–H groups in total. The molecule has 4 nitrogen and oxygen atoms in total. The summed E-state index contributed by atoms with van der Waals surface area (Å²) in [4.78, 5) is 25.4. The zero-order chi connectivity index (χ0) is 15.0. The van der Waals surface area contributed by atoms with Crippen molar-refractivity contribution in [2.24, 2.45) is 5.92 Å². The lowest BCUT2D eigenvalue weighted by molar-refractivity contribution is -0.140. The van der Waals surface area contributed by atoms with Crippen molar-refractivity contribution in [1.29, 1.82) is 0 Å². The van der Waals surface area contributed by atoms with E-state index >= 15 is 0 Å². The second-order valence-electron chi connectivity index (χ2n) is 5.95. The number of hydrogen-bond acceptors (Lipinski definition) is 2. The maximum atomic E-state index is 12.3. The zero-order valence-corrected chi connectivity index (χ0v) is 12.5. The van der Waals surface area contributed by atoms with Gasteiger partial charge in [-0.25, -0.2) is 4.79 Å². The SMILES string of the molecule is O=C(O)C(CC1CCCC1)N1C(=O)Cc2cc(Cl)ccc21. The number of carbonyl (C=O) groups is 2. The molecule has 2 aliphatic rings. The van der Waals surface area contributed by atoms with E-state index in [0.717, 1.165) is 31.2 Å². The van der Waals surface area contributed by atoms with Crippen molar-refractivity contribution in [3.05, 3.63) is 28.8 Å². The van der Waals surface area contributed by atoms with Gasteiger partial charge in [-0.3, -0.25) is 9.69 Å². The van der Waals surface area contributed by atoms with Crippen LogP contribution in [0.5, 0.6) is 0 Å². The summed E-state index contributed by atoms with van der Waals surface area (Å²) in [6, 6.07) is 4.46. The number of carbonyl (C=O) groups excluding carboxylic acids is 1. The number of carboxylic acids is 1. The molecule has 21 heavy (non-hydrogen) atoms. The minimum atomic E-state index is -0.918. The smallest absolute Gasteiger partial charge is 0.326 e. The molecule has 0 radical (unpaired) electrons. The van der Waals surface area contributed by atoms with Gasteiger partial charge < -0.3 is 5.11 Å². The van der Waals surface area contributed by atoms with Crippen molar-refractivity contribution in [1.82, 2.24) is 0 Å². The lowest BCUT2D eigenvalue weighted by atomic mass is 9.97. The van der Waals surface area contributed by atoms with E-state index in [4.69, 9.17) is 11.6 Å². The van der Waals surface area contributed by atoms with Crippen LogP contribution < -0.4 is 4.90 Å². The predicted molar refractivity (Wildman–Crippen MR) is 80.6 cm³/mol. The van der Waals surface area contributed by atoms with Crippen LogP contribution in [-0.4, -0.2) is 23.0 Å². The molecule has 1 aromatic carbocycles. The van der Waals surface area contributed by atoms with Gasteiger partial charge in [0.25, 0.3) is 0 Å². The molecule has 1 atom stereocenters. The molecule has 1 unspecified atom stereocenters. The van der Waals surface area contributed by atoms with Crippen molar-refractivity contribution in [2.45, 2.75) is 44.6 Å². The van der Waals surface area contributed by atoms with Gasteiger partial charge in [-0.2, -0.15) is 0 Å². The van der Waals surface area contributed by atoms with Gasteiger partial charge in [0, 0.05) is 10.7 Å². The number of fused-ring (bicyclic) bond motifs is 1. The summed E-state index contributed by atoms with van der Waals surface area (Å²) in [5.41, 5.74) is 1.53. The fourth-order valence-electron chi connectivity index (χ4n) is 3.53. The Morgan fingerprint density at radius 1 is 1.38 bits per heavy atom. The van der Waals surface area contributed by atoms with E-state index in [0.29, 0.717) is 23.0 Å². The first-order valence-electron chi connectivity index (χ1n) is 7.39.